The molecule has 3 aromatic rings. The summed E-state index contributed by atoms with van der Waals surface area (Å²) in [7, 11) is -2.26. The van der Waals surface area contributed by atoms with Gasteiger partial charge in [-0.1, -0.05) is 42.5 Å². The fourth-order valence-electron chi connectivity index (χ4n) is 3.03. The highest BCUT2D eigenvalue weighted by molar-refractivity contribution is 7.90. The number of carbonyl (C=O) groups is 1. The Balaban J connectivity index is 1.86. The second kappa shape index (κ2) is 8.89. The number of nitrogens with two attached hydrogens (primary N) is 1. The van der Waals surface area contributed by atoms with Gasteiger partial charge in [0, 0.05) is 20.0 Å². The molecule has 1 aromatic heterocycles. The normalized spacial score (nSPS) is 11.3. The van der Waals surface area contributed by atoms with E-state index >= 15 is 0 Å². The predicted octanol–water partition coefficient (Wildman–Crippen LogP) is 1.43. The molecule has 0 aliphatic carbocycles. The molecule has 4 N–H and O–H groups in total. The second-order valence-electron chi connectivity index (χ2n) is 6.58. The predicted molar refractivity (Wildman–Crippen MR) is 112 cm³/mol. The number of anilines is 1. The van der Waals surface area contributed by atoms with Gasteiger partial charge in [0.15, 0.2) is 0 Å². The van der Waals surface area contributed by atoms with Crippen LogP contribution in [0.15, 0.2) is 60.9 Å². The third kappa shape index (κ3) is 5.66. The number of nitrogens with one attached hydrogen (secondary N) is 2. The van der Waals surface area contributed by atoms with Gasteiger partial charge in [-0.15, -0.1) is 0 Å². The lowest BCUT2D eigenvalue weighted by Crippen LogP contribution is -2.26. The fourth-order valence-corrected chi connectivity index (χ4v) is 3.57. The zero-order valence-corrected chi connectivity index (χ0v) is 16.8. The summed E-state index contributed by atoms with van der Waals surface area (Å²) in [5, 5.41) is 0. The zero-order valence-electron chi connectivity index (χ0n) is 16.0. The van der Waals surface area contributed by atoms with E-state index in [1.807, 2.05) is 41.0 Å². The van der Waals surface area contributed by atoms with Crippen LogP contribution in [0, 0.1) is 0 Å². The summed E-state index contributed by atoms with van der Waals surface area (Å²) in [6, 6.07) is 16.9. The highest BCUT2D eigenvalue weighted by Gasteiger charge is 2.15. The van der Waals surface area contributed by atoms with Crippen molar-refractivity contribution >= 4 is 21.8 Å². The lowest BCUT2D eigenvalue weighted by Gasteiger charge is -2.11. The third-order valence-electron chi connectivity index (χ3n) is 4.39. The number of hydrogen-bond donors (Lipinski definition) is 3. The van der Waals surface area contributed by atoms with E-state index in [0.29, 0.717) is 18.7 Å². The lowest BCUT2D eigenvalue weighted by molar-refractivity contribution is -0.117. The minimum Gasteiger partial charge on any atom is -0.369 e. The molecule has 8 nitrogen and oxygen atoms in total. The van der Waals surface area contributed by atoms with Gasteiger partial charge in [-0.2, -0.15) is 8.42 Å². The first-order chi connectivity index (χ1) is 13.9. The molecular weight excluding hydrogens is 390 g/mol. The summed E-state index contributed by atoms with van der Waals surface area (Å²) in [5.41, 5.74) is 9.39. The maximum absolute atomic E-state index is 11.7. The van der Waals surface area contributed by atoms with Crippen LogP contribution in [-0.4, -0.2) is 30.9 Å². The minimum absolute atomic E-state index is 0.0776. The average Bonchev–Trinajstić information content (AvgIpc) is 3.03. The first kappa shape index (κ1) is 20.6. The number of imidazole rings is 1. The summed E-state index contributed by atoms with van der Waals surface area (Å²) in [5.74, 6) is -0.434. The number of rotatable bonds is 9. The number of aromatic nitrogens is 2. The Morgan fingerprint density at radius 2 is 1.83 bits per heavy atom. The lowest BCUT2D eigenvalue weighted by atomic mass is 10.1. The summed E-state index contributed by atoms with van der Waals surface area (Å²) in [6.07, 6.45) is 2.35. The van der Waals surface area contributed by atoms with Crippen LogP contribution in [-0.2, 0) is 34.4 Å². The Kier molecular flexibility index (Phi) is 6.30. The van der Waals surface area contributed by atoms with Gasteiger partial charge in [0.25, 0.3) is 10.2 Å². The van der Waals surface area contributed by atoms with Crippen LogP contribution in [0.4, 0.5) is 5.69 Å². The van der Waals surface area contributed by atoms with Gasteiger partial charge >= 0.3 is 0 Å². The van der Waals surface area contributed by atoms with Gasteiger partial charge in [0.1, 0.15) is 0 Å². The van der Waals surface area contributed by atoms with E-state index in [0.717, 1.165) is 22.5 Å². The average molecular weight is 414 g/mol. The minimum atomic E-state index is -3.60. The molecule has 0 atom stereocenters. The van der Waals surface area contributed by atoms with Crippen molar-refractivity contribution in [2.75, 3.05) is 11.8 Å². The van der Waals surface area contributed by atoms with E-state index < -0.39 is 16.1 Å². The van der Waals surface area contributed by atoms with Crippen LogP contribution in [0.25, 0.3) is 0 Å². The Morgan fingerprint density at radius 3 is 2.52 bits per heavy atom. The van der Waals surface area contributed by atoms with E-state index in [-0.39, 0.29) is 6.42 Å². The molecule has 0 radical (unpaired) electrons. The standard InChI is InChI=1S/C20H23N5O3S/c1-22-29(27,28)24-17-9-5-8-16(10-17)13-25-14-23-18(19(25)12-20(21)26)11-15-6-3-2-4-7-15/h2-10,14,22,24H,11-13H2,1H3,(H2,21,26). The van der Waals surface area contributed by atoms with Gasteiger partial charge in [-0.25, -0.2) is 9.71 Å². The molecule has 0 saturated heterocycles. The molecule has 1 heterocycles. The molecular formula is C20H23N5O3S. The van der Waals surface area contributed by atoms with Crippen molar-refractivity contribution in [1.82, 2.24) is 14.3 Å². The van der Waals surface area contributed by atoms with Crippen molar-refractivity contribution < 1.29 is 13.2 Å². The molecule has 9 heteroatoms. The van der Waals surface area contributed by atoms with Crippen LogP contribution in [0.3, 0.4) is 0 Å². The number of amides is 1. The van der Waals surface area contributed by atoms with Gasteiger partial charge in [-0.3, -0.25) is 9.52 Å². The van der Waals surface area contributed by atoms with E-state index in [9.17, 15) is 13.2 Å². The Hall–Kier alpha value is -3.17. The van der Waals surface area contributed by atoms with Crippen molar-refractivity contribution in [2.24, 2.45) is 5.73 Å². The van der Waals surface area contributed by atoms with Gasteiger partial charge in [0.05, 0.1) is 29.8 Å². The maximum atomic E-state index is 11.7. The van der Waals surface area contributed by atoms with Crippen molar-refractivity contribution in [3.05, 3.63) is 83.4 Å². The molecule has 3 rings (SSSR count). The molecule has 1 amide bonds. The van der Waals surface area contributed by atoms with Gasteiger partial charge < -0.3 is 10.3 Å². The summed E-state index contributed by atoms with van der Waals surface area (Å²) < 4.78 is 29.9. The number of carbonyl (C=O) groups excluding carboxylic acids is 1. The molecule has 2 aromatic carbocycles. The van der Waals surface area contributed by atoms with Crippen LogP contribution >= 0.6 is 0 Å². The van der Waals surface area contributed by atoms with Crippen molar-refractivity contribution in [3.8, 4) is 0 Å². The first-order valence-electron chi connectivity index (χ1n) is 9.01. The molecule has 0 saturated carbocycles. The van der Waals surface area contributed by atoms with Crippen molar-refractivity contribution in [3.63, 3.8) is 0 Å². The van der Waals surface area contributed by atoms with E-state index in [4.69, 9.17) is 5.73 Å². The molecule has 0 fully saturated rings. The van der Waals surface area contributed by atoms with E-state index in [1.54, 1.807) is 24.5 Å². The van der Waals surface area contributed by atoms with E-state index in [2.05, 4.69) is 14.4 Å². The van der Waals surface area contributed by atoms with Gasteiger partial charge in [-0.05, 0) is 23.3 Å². The SMILES string of the molecule is CNS(=O)(=O)Nc1cccc(Cn2cnc(Cc3ccccc3)c2CC(N)=O)c1. The van der Waals surface area contributed by atoms with Crippen LogP contribution in [0.2, 0.25) is 0 Å². The Morgan fingerprint density at radius 1 is 1.10 bits per heavy atom. The van der Waals surface area contributed by atoms with Crippen LogP contribution < -0.4 is 15.2 Å². The molecule has 0 bridgehead atoms. The number of hydrogen-bond acceptors (Lipinski definition) is 4. The fraction of sp³-hybridized carbons (Fsp3) is 0.200. The third-order valence-corrected chi connectivity index (χ3v) is 5.43. The smallest absolute Gasteiger partial charge is 0.298 e. The van der Waals surface area contributed by atoms with Crippen molar-refractivity contribution in [2.45, 2.75) is 19.4 Å². The number of benzene rings is 2. The quantitative estimate of drug-likeness (QED) is 0.491. The highest BCUT2D eigenvalue weighted by atomic mass is 32.2. The summed E-state index contributed by atoms with van der Waals surface area (Å²) in [4.78, 5) is 16.1. The maximum Gasteiger partial charge on any atom is 0.298 e. The van der Waals surface area contributed by atoms with Gasteiger partial charge in [0.2, 0.25) is 5.91 Å². The Bertz CT molecular complexity index is 1090. The summed E-state index contributed by atoms with van der Waals surface area (Å²) in [6.45, 7) is 0.430. The molecule has 29 heavy (non-hydrogen) atoms. The number of primary amides is 1. The molecule has 152 valence electrons. The molecule has 0 aliphatic rings. The zero-order chi connectivity index (χ0) is 20.9. The second-order valence-corrected chi connectivity index (χ2v) is 8.20. The largest absolute Gasteiger partial charge is 0.369 e. The van der Waals surface area contributed by atoms with Crippen molar-refractivity contribution in [1.29, 1.82) is 0 Å². The van der Waals surface area contributed by atoms with Crippen LogP contribution in [0.1, 0.15) is 22.5 Å². The highest BCUT2D eigenvalue weighted by Crippen LogP contribution is 2.18. The monoisotopic (exact) mass is 413 g/mol. The topological polar surface area (TPSA) is 119 Å². The number of nitrogens with zero attached hydrogens (tertiary/aromatic N) is 2. The first-order valence-corrected chi connectivity index (χ1v) is 10.5. The molecule has 0 aliphatic heterocycles. The van der Waals surface area contributed by atoms with Crippen LogP contribution in [0.5, 0.6) is 0 Å². The Labute approximate surface area is 170 Å². The molecule has 0 spiro atoms. The summed E-state index contributed by atoms with van der Waals surface area (Å²) >= 11 is 0. The molecule has 0 unspecified atom stereocenters. The van der Waals surface area contributed by atoms with E-state index in [1.165, 1.54) is 7.05 Å².